The van der Waals surface area contributed by atoms with E-state index in [1.165, 1.54) is 5.56 Å². The summed E-state index contributed by atoms with van der Waals surface area (Å²) in [5, 5.41) is 3.05. The maximum absolute atomic E-state index is 5.42. The number of nitrogens with one attached hydrogen (secondary N) is 2. The van der Waals surface area contributed by atoms with Crippen molar-refractivity contribution in [3.63, 3.8) is 0 Å². The normalized spacial score (nSPS) is 12.6. The van der Waals surface area contributed by atoms with Crippen LogP contribution in [0.4, 0.5) is 0 Å². The summed E-state index contributed by atoms with van der Waals surface area (Å²) >= 11 is 0. The molecule has 1 unspecified atom stereocenters. The molecule has 14 heavy (non-hydrogen) atoms. The number of aryl methyl sites for hydroxylation is 1. The fraction of sp³-hybridized carbons (Fsp3) is 0.400. The van der Waals surface area contributed by atoms with Gasteiger partial charge in [0.15, 0.2) is 0 Å². The Hall–Kier alpha value is -1.10. The fourth-order valence-electron chi connectivity index (χ4n) is 1.41. The number of hydrogen-bond acceptors (Lipinski definition) is 4. The Labute approximate surface area is 84.4 Å². The second-order valence-corrected chi connectivity index (χ2v) is 3.13. The van der Waals surface area contributed by atoms with Crippen LogP contribution in [0.5, 0.6) is 5.75 Å². The van der Waals surface area contributed by atoms with E-state index in [0.717, 1.165) is 11.3 Å². The van der Waals surface area contributed by atoms with Crippen LogP contribution in [-0.2, 0) is 0 Å². The largest absolute Gasteiger partial charge is 0.496 e. The van der Waals surface area contributed by atoms with Crippen molar-refractivity contribution < 1.29 is 4.74 Å². The molecule has 0 amide bonds. The zero-order valence-electron chi connectivity index (χ0n) is 8.79. The standard InChI is InChI=1S/C10H17N3O/c1-7-4-5-9(14-3)8(6-7)10(12-2)13-11/h4-6,10,12-13H,11H2,1-3H3. The van der Waals surface area contributed by atoms with E-state index in [-0.39, 0.29) is 6.17 Å². The fourth-order valence-corrected chi connectivity index (χ4v) is 1.41. The first-order valence-electron chi connectivity index (χ1n) is 4.51. The van der Waals surface area contributed by atoms with Gasteiger partial charge in [-0.3, -0.25) is 5.84 Å². The highest BCUT2D eigenvalue weighted by Gasteiger charge is 2.12. The molecule has 0 spiro atoms. The van der Waals surface area contributed by atoms with Crippen molar-refractivity contribution in [1.29, 1.82) is 0 Å². The number of methoxy groups -OCH3 is 1. The molecule has 0 fully saturated rings. The molecule has 0 saturated carbocycles. The number of hydrogen-bond donors (Lipinski definition) is 3. The van der Waals surface area contributed by atoms with Crippen molar-refractivity contribution >= 4 is 0 Å². The third-order valence-corrected chi connectivity index (χ3v) is 2.15. The van der Waals surface area contributed by atoms with Crippen molar-refractivity contribution in [1.82, 2.24) is 10.7 Å². The van der Waals surface area contributed by atoms with Crippen LogP contribution in [0.25, 0.3) is 0 Å². The van der Waals surface area contributed by atoms with Gasteiger partial charge in [0.05, 0.1) is 13.3 Å². The Morgan fingerprint density at radius 2 is 2.14 bits per heavy atom. The number of nitrogens with two attached hydrogens (primary N) is 1. The molecular weight excluding hydrogens is 178 g/mol. The van der Waals surface area contributed by atoms with Crippen molar-refractivity contribution in [2.45, 2.75) is 13.1 Å². The highest BCUT2D eigenvalue weighted by Crippen LogP contribution is 2.24. The third-order valence-electron chi connectivity index (χ3n) is 2.15. The Bertz CT molecular complexity index is 297. The average molecular weight is 195 g/mol. The average Bonchev–Trinajstić information content (AvgIpc) is 2.20. The first-order valence-corrected chi connectivity index (χ1v) is 4.51. The molecule has 0 bridgehead atoms. The molecule has 1 aromatic rings. The lowest BCUT2D eigenvalue weighted by Crippen LogP contribution is -2.36. The highest BCUT2D eigenvalue weighted by atomic mass is 16.5. The molecule has 4 nitrogen and oxygen atoms in total. The maximum atomic E-state index is 5.42. The minimum Gasteiger partial charge on any atom is -0.496 e. The molecule has 0 aliphatic heterocycles. The Morgan fingerprint density at radius 3 is 2.64 bits per heavy atom. The van der Waals surface area contributed by atoms with Crippen molar-refractivity contribution in [3.05, 3.63) is 29.3 Å². The van der Waals surface area contributed by atoms with Gasteiger partial charge >= 0.3 is 0 Å². The summed E-state index contributed by atoms with van der Waals surface area (Å²) in [4.78, 5) is 0. The molecule has 1 rings (SSSR count). The first kappa shape index (κ1) is 11.0. The van der Waals surface area contributed by atoms with E-state index in [9.17, 15) is 0 Å². The predicted molar refractivity (Wildman–Crippen MR) is 56.9 cm³/mol. The SMILES string of the molecule is CNC(NN)c1cc(C)ccc1OC. The van der Waals surface area contributed by atoms with Crippen LogP contribution in [0.15, 0.2) is 18.2 Å². The van der Waals surface area contributed by atoms with E-state index >= 15 is 0 Å². The summed E-state index contributed by atoms with van der Waals surface area (Å²) in [6.45, 7) is 2.03. The van der Waals surface area contributed by atoms with E-state index in [1.54, 1.807) is 7.11 Å². The van der Waals surface area contributed by atoms with E-state index in [0.29, 0.717) is 0 Å². The van der Waals surface area contributed by atoms with Crippen molar-refractivity contribution in [2.24, 2.45) is 5.84 Å². The van der Waals surface area contributed by atoms with Gasteiger partial charge in [-0.05, 0) is 26.1 Å². The zero-order chi connectivity index (χ0) is 10.6. The minimum absolute atomic E-state index is 0.0927. The van der Waals surface area contributed by atoms with Gasteiger partial charge in [-0.25, -0.2) is 5.43 Å². The van der Waals surface area contributed by atoms with Crippen LogP contribution >= 0.6 is 0 Å². The number of rotatable bonds is 4. The molecule has 0 aromatic heterocycles. The van der Waals surface area contributed by atoms with Crippen LogP contribution in [-0.4, -0.2) is 14.2 Å². The van der Waals surface area contributed by atoms with E-state index in [4.69, 9.17) is 10.6 Å². The highest BCUT2D eigenvalue weighted by molar-refractivity contribution is 5.38. The van der Waals surface area contributed by atoms with E-state index in [2.05, 4.69) is 10.7 Å². The van der Waals surface area contributed by atoms with Crippen LogP contribution in [0.3, 0.4) is 0 Å². The lowest BCUT2D eigenvalue weighted by molar-refractivity contribution is 0.391. The van der Waals surface area contributed by atoms with Crippen LogP contribution in [0.2, 0.25) is 0 Å². The molecule has 0 aliphatic rings. The quantitative estimate of drug-likeness (QED) is 0.376. The van der Waals surface area contributed by atoms with Gasteiger partial charge < -0.3 is 10.1 Å². The molecular formula is C10H17N3O. The summed E-state index contributed by atoms with van der Waals surface area (Å²) in [6.07, 6.45) is -0.0927. The second-order valence-electron chi connectivity index (χ2n) is 3.13. The molecule has 1 atom stereocenters. The van der Waals surface area contributed by atoms with Crippen LogP contribution < -0.4 is 21.3 Å². The molecule has 1 aromatic carbocycles. The van der Waals surface area contributed by atoms with Gasteiger partial charge in [0, 0.05) is 5.56 Å². The van der Waals surface area contributed by atoms with Crippen molar-refractivity contribution in [2.75, 3.05) is 14.2 Å². The van der Waals surface area contributed by atoms with Gasteiger partial charge in [-0.2, -0.15) is 0 Å². The Balaban J connectivity index is 3.08. The first-order chi connectivity index (χ1) is 6.72. The van der Waals surface area contributed by atoms with Gasteiger partial charge in [0.25, 0.3) is 0 Å². The van der Waals surface area contributed by atoms with E-state index in [1.807, 2.05) is 32.2 Å². The third kappa shape index (κ3) is 2.23. The summed E-state index contributed by atoms with van der Waals surface area (Å²) in [5.74, 6) is 6.25. The maximum Gasteiger partial charge on any atom is 0.125 e. The molecule has 0 aliphatic carbocycles. The molecule has 78 valence electrons. The molecule has 0 radical (unpaired) electrons. The zero-order valence-corrected chi connectivity index (χ0v) is 8.79. The van der Waals surface area contributed by atoms with Gasteiger partial charge in [-0.1, -0.05) is 11.6 Å². The topological polar surface area (TPSA) is 59.3 Å². The molecule has 4 heteroatoms. The second kappa shape index (κ2) is 4.95. The number of benzene rings is 1. The van der Waals surface area contributed by atoms with Crippen LogP contribution in [0.1, 0.15) is 17.3 Å². The van der Waals surface area contributed by atoms with Gasteiger partial charge in [0.2, 0.25) is 0 Å². The molecule has 0 heterocycles. The Morgan fingerprint density at radius 1 is 1.43 bits per heavy atom. The monoisotopic (exact) mass is 195 g/mol. The minimum atomic E-state index is -0.0927. The van der Waals surface area contributed by atoms with Gasteiger partial charge in [-0.15, -0.1) is 0 Å². The predicted octanol–water partition coefficient (Wildman–Crippen LogP) is 0.685. The summed E-state index contributed by atoms with van der Waals surface area (Å²) in [5.41, 5.74) is 4.87. The number of hydrazine groups is 1. The van der Waals surface area contributed by atoms with E-state index < -0.39 is 0 Å². The van der Waals surface area contributed by atoms with Crippen molar-refractivity contribution in [3.8, 4) is 5.75 Å². The number of ether oxygens (including phenoxy) is 1. The smallest absolute Gasteiger partial charge is 0.125 e. The summed E-state index contributed by atoms with van der Waals surface area (Å²) in [7, 11) is 3.49. The molecule has 4 N–H and O–H groups in total. The Kier molecular flexibility index (Phi) is 3.88. The summed E-state index contributed by atoms with van der Waals surface area (Å²) in [6, 6.07) is 5.98. The van der Waals surface area contributed by atoms with Crippen LogP contribution in [0, 0.1) is 6.92 Å². The lowest BCUT2D eigenvalue weighted by atomic mass is 10.1. The lowest BCUT2D eigenvalue weighted by Gasteiger charge is -2.18. The molecule has 0 saturated heterocycles. The summed E-state index contributed by atoms with van der Waals surface area (Å²) < 4.78 is 5.25. The van der Waals surface area contributed by atoms with Gasteiger partial charge in [0.1, 0.15) is 5.75 Å².